The molecule has 1 aromatic rings. The van der Waals surface area contributed by atoms with E-state index < -0.39 is 0 Å². The molecule has 1 heterocycles. The Hall–Kier alpha value is -1.35. The van der Waals surface area contributed by atoms with Crippen molar-refractivity contribution in [1.29, 1.82) is 0 Å². The molecule has 0 spiro atoms. The third-order valence-electron chi connectivity index (χ3n) is 2.95. The van der Waals surface area contributed by atoms with Gasteiger partial charge in [-0.3, -0.25) is 0 Å². The van der Waals surface area contributed by atoms with Gasteiger partial charge in [-0.2, -0.15) is 0 Å². The van der Waals surface area contributed by atoms with Crippen LogP contribution >= 0.6 is 0 Å². The number of benzene rings is 1. The summed E-state index contributed by atoms with van der Waals surface area (Å²) in [6.45, 7) is 1.59. The molecule has 2 rings (SSSR count). The number of hydrogen-bond acceptors (Lipinski definition) is 3. The molecule has 0 saturated carbocycles. The van der Waals surface area contributed by atoms with Gasteiger partial charge in [0.05, 0.1) is 13.2 Å². The fraction of sp³-hybridized carbons (Fsp3) is 0.500. The van der Waals surface area contributed by atoms with Gasteiger partial charge < -0.3 is 14.3 Å². The van der Waals surface area contributed by atoms with Crippen molar-refractivity contribution in [3.05, 3.63) is 29.8 Å². The summed E-state index contributed by atoms with van der Waals surface area (Å²) in [6.07, 6.45) is 4.55. The minimum Gasteiger partial charge on any atom is -0.490 e. The van der Waals surface area contributed by atoms with E-state index in [1.165, 1.54) is 5.56 Å². The molecule has 3 heteroatoms. The average molecular weight is 234 g/mol. The van der Waals surface area contributed by atoms with E-state index in [0.29, 0.717) is 6.42 Å². The van der Waals surface area contributed by atoms with Crippen molar-refractivity contribution in [3.8, 4) is 5.75 Å². The molecule has 92 valence electrons. The SMILES string of the molecule is O=CCCc1ccc(OC2CCOCC2)cc1. The summed E-state index contributed by atoms with van der Waals surface area (Å²) in [5, 5.41) is 0. The standard InChI is InChI=1S/C14H18O3/c15-9-1-2-12-3-5-13(6-4-12)17-14-7-10-16-11-8-14/h3-6,9,14H,1-2,7-8,10-11H2. The van der Waals surface area contributed by atoms with E-state index in [1.54, 1.807) is 0 Å². The Kier molecular flexibility index (Phi) is 4.56. The predicted molar refractivity (Wildman–Crippen MR) is 65.3 cm³/mol. The molecular weight excluding hydrogens is 216 g/mol. The van der Waals surface area contributed by atoms with Gasteiger partial charge >= 0.3 is 0 Å². The molecule has 0 radical (unpaired) electrons. The van der Waals surface area contributed by atoms with Crippen molar-refractivity contribution in [2.24, 2.45) is 0 Å². The normalized spacial score (nSPS) is 16.7. The number of carbonyl (C=O) groups is 1. The number of carbonyl (C=O) groups excluding carboxylic acids is 1. The first-order valence-electron chi connectivity index (χ1n) is 6.15. The van der Waals surface area contributed by atoms with Crippen LogP contribution in [-0.2, 0) is 16.0 Å². The minimum atomic E-state index is 0.282. The Bertz CT molecular complexity index is 339. The summed E-state index contributed by atoms with van der Waals surface area (Å²) >= 11 is 0. The van der Waals surface area contributed by atoms with Crippen molar-refractivity contribution in [2.45, 2.75) is 31.8 Å². The second-order valence-electron chi connectivity index (χ2n) is 4.28. The molecule has 17 heavy (non-hydrogen) atoms. The molecule has 1 saturated heterocycles. The number of ether oxygens (including phenoxy) is 2. The maximum atomic E-state index is 10.3. The zero-order valence-corrected chi connectivity index (χ0v) is 9.93. The third-order valence-corrected chi connectivity index (χ3v) is 2.95. The van der Waals surface area contributed by atoms with Crippen molar-refractivity contribution in [1.82, 2.24) is 0 Å². The van der Waals surface area contributed by atoms with Gasteiger partial charge in [0.25, 0.3) is 0 Å². The topological polar surface area (TPSA) is 35.5 Å². The lowest BCUT2D eigenvalue weighted by Gasteiger charge is -2.23. The van der Waals surface area contributed by atoms with Crippen LogP contribution in [0.25, 0.3) is 0 Å². The van der Waals surface area contributed by atoms with E-state index in [9.17, 15) is 4.79 Å². The van der Waals surface area contributed by atoms with E-state index in [1.807, 2.05) is 24.3 Å². The number of rotatable bonds is 5. The predicted octanol–water partition coefficient (Wildman–Crippen LogP) is 2.38. The summed E-state index contributed by atoms with van der Waals surface area (Å²) < 4.78 is 11.2. The monoisotopic (exact) mass is 234 g/mol. The largest absolute Gasteiger partial charge is 0.490 e. The van der Waals surface area contributed by atoms with Crippen molar-refractivity contribution in [3.63, 3.8) is 0 Å². The maximum Gasteiger partial charge on any atom is 0.120 e. The van der Waals surface area contributed by atoms with Gasteiger partial charge in [0.2, 0.25) is 0 Å². The molecule has 0 amide bonds. The van der Waals surface area contributed by atoms with Crippen molar-refractivity contribution < 1.29 is 14.3 Å². The Morgan fingerprint density at radius 2 is 1.94 bits per heavy atom. The van der Waals surface area contributed by atoms with E-state index in [4.69, 9.17) is 9.47 Å². The van der Waals surface area contributed by atoms with Crippen LogP contribution in [0.4, 0.5) is 0 Å². The number of aldehydes is 1. The van der Waals surface area contributed by atoms with E-state index >= 15 is 0 Å². The summed E-state index contributed by atoms with van der Waals surface area (Å²) in [7, 11) is 0. The number of aryl methyl sites for hydroxylation is 1. The first kappa shape index (κ1) is 12.1. The molecule has 1 aliphatic rings. The van der Waals surface area contributed by atoms with E-state index in [0.717, 1.165) is 44.5 Å². The van der Waals surface area contributed by atoms with Crippen LogP contribution < -0.4 is 4.74 Å². The highest BCUT2D eigenvalue weighted by molar-refractivity contribution is 5.50. The molecule has 3 nitrogen and oxygen atoms in total. The lowest BCUT2D eigenvalue weighted by molar-refractivity contribution is -0.107. The van der Waals surface area contributed by atoms with Gasteiger partial charge in [-0.25, -0.2) is 0 Å². The van der Waals surface area contributed by atoms with Crippen LogP contribution in [0.1, 0.15) is 24.8 Å². The molecule has 0 N–H and O–H groups in total. The second-order valence-corrected chi connectivity index (χ2v) is 4.28. The van der Waals surface area contributed by atoms with Gasteiger partial charge in [-0.05, 0) is 24.1 Å². The Balaban J connectivity index is 1.86. The quantitative estimate of drug-likeness (QED) is 0.734. The molecule has 0 aliphatic carbocycles. The van der Waals surface area contributed by atoms with Gasteiger partial charge in [0.15, 0.2) is 0 Å². The van der Waals surface area contributed by atoms with Crippen LogP contribution in [-0.4, -0.2) is 25.6 Å². The first-order chi connectivity index (χ1) is 8.38. The molecule has 1 aliphatic heterocycles. The van der Waals surface area contributed by atoms with E-state index in [-0.39, 0.29) is 6.10 Å². The highest BCUT2D eigenvalue weighted by Crippen LogP contribution is 2.18. The third kappa shape index (κ3) is 3.86. The van der Waals surface area contributed by atoms with Crippen molar-refractivity contribution >= 4 is 6.29 Å². The highest BCUT2D eigenvalue weighted by Gasteiger charge is 2.14. The molecular formula is C14H18O3. The van der Waals surface area contributed by atoms with Gasteiger partial charge in [-0.15, -0.1) is 0 Å². The van der Waals surface area contributed by atoms with Crippen LogP contribution in [0, 0.1) is 0 Å². The number of hydrogen-bond donors (Lipinski definition) is 0. The second kappa shape index (κ2) is 6.40. The zero-order chi connectivity index (χ0) is 11.9. The van der Waals surface area contributed by atoms with Crippen LogP contribution in [0.2, 0.25) is 0 Å². The maximum absolute atomic E-state index is 10.3. The lowest BCUT2D eigenvalue weighted by Crippen LogP contribution is -2.25. The van der Waals surface area contributed by atoms with Crippen LogP contribution in [0.3, 0.4) is 0 Å². The smallest absolute Gasteiger partial charge is 0.120 e. The molecule has 1 fully saturated rings. The van der Waals surface area contributed by atoms with Crippen molar-refractivity contribution in [2.75, 3.05) is 13.2 Å². The van der Waals surface area contributed by atoms with Gasteiger partial charge in [0.1, 0.15) is 18.1 Å². The van der Waals surface area contributed by atoms with E-state index in [2.05, 4.69) is 0 Å². The lowest BCUT2D eigenvalue weighted by atomic mass is 10.1. The van der Waals surface area contributed by atoms with Crippen LogP contribution in [0.15, 0.2) is 24.3 Å². The summed E-state index contributed by atoms with van der Waals surface area (Å²) in [4.78, 5) is 10.3. The Morgan fingerprint density at radius 3 is 2.59 bits per heavy atom. The first-order valence-corrected chi connectivity index (χ1v) is 6.15. The molecule has 0 atom stereocenters. The van der Waals surface area contributed by atoms with Gasteiger partial charge in [-0.1, -0.05) is 12.1 Å². The zero-order valence-electron chi connectivity index (χ0n) is 9.93. The Morgan fingerprint density at radius 1 is 1.24 bits per heavy atom. The highest BCUT2D eigenvalue weighted by atomic mass is 16.5. The summed E-state index contributed by atoms with van der Waals surface area (Å²) in [6, 6.07) is 8.02. The fourth-order valence-corrected chi connectivity index (χ4v) is 1.95. The van der Waals surface area contributed by atoms with Crippen LogP contribution in [0.5, 0.6) is 5.75 Å². The molecule has 0 bridgehead atoms. The summed E-state index contributed by atoms with van der Waals surface area (Å²) in [5.41, 5.74) is 1.18. The molecule has 1 aromatic carbocycles. The minimum absolute atomic E-state index is 0.282. The molecule has 0 aromatic heterocycles. The molecule has 0 unspecified atom stereocenters. The Labute approximate surface area is 102 Å². The van der Waals surface area contributed by atoms with Gasteiger partial charge in [0, 0.05) is 19.3 Å². The summed E-state index contributed by atoms with van der Waals surface area (Å²) in [5.74, 6) is 0.909. The fourth-order valence-electron chi connectivity index (χ4n) is 1.95. The average Bonchev–Trinajstić information content (AvgIpc) is 2.39.